The minimum absolute atomic E-state index is 0.533. The van der Waals surface area contributed by atoms with Gasteiger partial charge in [0.05, 0.1) is 19.8 Å². The molecule has 0 spiro atoms. The van der Waals surface area contributed by atoms with Crippen LogP contribution in [0.5, 0.6) is 11.5 Å². The van der Waals surface area contributed by atoms with Gasteiger partial charge < -0.3 is 14.4 Å². The molecule has 103 heavy (non-hydrogen) atoms. The van der Waals surface area contributed by atoms with Gasteiger partial charge in [-0.15, -0.1) is 0 Å². The van der Waals surface area contributed by atoms with Crippen molar-refractivity contribution in [1.82, 2.24) is 0 Å². The van der Waals surface area contributed by atoms with Crippen molar-refractivity contribution >= 4 is 27.2 Å². The molecule has 3 nitrogen and oxygen atoms in total. The van der Waals surface area contributed by atoms with Crippen molar-refractivity contribution in [2.75, 3.05) is 33.2 Å². The van der Waals surface area contributed by atoms with Gasteiger partial charge in [-0.05, 0) is 217 Å². The van der Waals surface area contributed by atoms with Crippen molar-refractivity contribution < 1.29 is 9.47 Å². The molecule has 0 heterocycles. The van der Waals surface area contributed by atoms with E-state index in [1.54, 1.807) is 14.2 Å². The summed E-state index contributed by atoms with van der Waals surface area (Å²) in [4.78, 5) is 2.15. The fourth-order valence-corrected chi connectivity index (χ4v) is 13.5. The summed E-state index contributed by atoms with van der Waals surface area (Å²) in [5.74, 6) is 3.30. The van der Waals surface area contributed by atoms with Crippen LogP contribution in [0.15, 0.2) is 309 Å². The van der Waals surface area contributed by atoms with Gasteiger partial charge in [0.15, 0.2) is 0 Å². The molecule has 0 bridgehead atoms. The highest BCUT2D eigenvalue weighted by Gasteiger charge is 2.20. The van der Waals surface area contributed by atoms with Gasteiger partial charge in [-0.2, -0.15) is 0 Å². The van der Waals surface area contributed by atoms with E-state index in [0.29, 0.717) is 17.8 Å². The molecule has 3 heteroatoms. The van der Waals surface area contributed by atoms with E-state index in [9.17, 15) is 0 Å². The van der Waals surface area contributed by atoms with Crippen LogP contribution in [0.25, 0.3) is 88.3 Å². The Morgan fingerprint density at radius 3 is 1.03 bits per heavy atom. The molecule has 14 aromatic carbocycles. The Labute approximate surface area is 617 Å². The van der Waals surface area contributed by atoms with Gasteiger partial charge in [0.2, 0.25) is 0 Å². The molecule has 14 aromatic rings. The maximum Gasteiger partial charge on any atom is 0.130 e. The summed E-state index contributed by atoms with van der Waals surface area (Å²) in [7, 11) is 7.52. The quantitative estimate of drug-likeness (QED) is 0.122. The average Bonchev–Trinajstić information content (AvgIpc) is 0.784. The molecular formula is C100H105NO2. The Hall–Kier alpha value is -11.0. The standard InChI is InChI=1S/C22H30.C21H16.C15H17N.C15H16O2.C14H14.C13H12/c1-14(2)18-12-20(15(3)4)22(21(13-18)16(5)6)19-11-9-8-10-17(19)7;1-15-13-14-17-8-3-5-11-19(17)21(15)20-12-6-9-16-7-2-4-10-18(16)20;1-12-8-4-5-9-13(12)14-10-6-7-11-15(14)16(2)3;1-11-7-4-5-8-12(11)15-13(16-2)9-6-10-14(15)17-3;1-11-7-3-5-9-13(11)14-10-6-4-8-12(14)2;1-11-7-5-6-10-13(11)12-8-3-2-4-9-12/h8-16H,1-7H3;2-14H,1H3;4-11H,1-3H3;4-10H,1-3H3;3-10H,1-2H3;2-10H,1H3. The number of hydrogen-bond donors (Lipinski definition) is 0. The van der Waals surface area contributed by atoms with Crippen molar-refractivity contribution in [3.05, 3.63) is 365 Å². The predicted octanol–water partition coefficient (Wildman–Crippen LogP) is 28.0. The van der Waals surface area contributed by atoms with Crippen LogP contribution in [0.3, 0.4) is 0 Å². The summed E-state index contributed by atoms with van der Waals surface area (Å²) >= 11 is 0. The molecule has 0 aliphatic rings. The number of benzene rings is 14. The number of hydrogen-bond acceptors (Lipinski definition) is 3. The first-order chi connectivity index (χ1) is 49.8. The zero-order chi connectivity index (χ0) is 73.5. The third-order valence-electron chi connectivity index (χ3n) is 19.2. The average molecular weight is 1350 g/mol. The molecule has 0 unspecified atom stereocenters. The zero-order valence-corrected chi connectivity index (χ0v) is 63.9. The molecule has 0 aromatic heterocycles. The van der Waals surface area contributed by atoms with Crippen LogP contribution in [0.2, 0.25) is 0 Å². The number of anilines is 1. The van der Waals surface area contributed by atoms with Crippen LogP contribution in [0, 0.1) is 48.5 Å². The Bertz CT molecular complexity index is 4950. The summed E-state index contributed by atoms with van der Waals surface area (Å²) < 4.78 is 10.8. The zero-order valence-electron chi connectivity index (χ0n) is 63.9. The highest BCUT2D eigenvalue weighted by Crippen LogP contribution is 2.43. The van der Waals surface area contributed by atoms with Gasteiger partial charge in [0.1, 0.15) is 11.5 Å². The molecule has 0 radical (unpaired) electrons. The molecule has 522 valence electrons. The Kier molecular flexibility index (Phi) is 27.4. The largest absolute Gasteiger partial charge is 0.496 e. The molecule has 0 fully saturated rings. The second-order valence-corrected chi connectivity index (χ2v) is 27.7. The van der Waals surface area contributed by atoms with E-state index in [0.717, 1.165) is 22.6 Å². The number of fused-ring (bicyclic) bond motifs is 2. The van der Waals surface area contributed by atoms with Crippen LogP contribution in [0.4, 0.5) is 5.69 Å². The third-order valence-corrected chi connectivity index (χ3v) is 19.2. The fourth-order valence-electron chi connectivity index (χ4n) is 13.5. The Morgan fingerprint density at radius 1 is 0.252 bits per heavy atom. The van der Waals surface area contributed by atoms with Gasteiger partial charge in [0.25, 0.3) is 0 Å². The SMILES string of the molecule is COc1cccc(OC)c1-c1ccccc1C.Cc1ccc2ccccc2c1-c1cccc2ccccc12.Cc1ccccc1-c1c(C(C)C)cc(C(C)C)cc1C(C)C.Cc1ccccc1-c1ccccc1.Cc1ccccc1-c1ccccc1C.Cc1ccccc1-c1ccccc1N(C)C. The molecule has 0 atom stereocenters. The maximum absolute atomic E-state index is 5.42. The van der Waals surface area contributed by atoms with E-state index in [1.807, 2.05) is 36.4 Å². The van der Waals surface area contributed by atoms with Crippen molar-refractivity contribution in [2.45, 2.75) is 108 Å². The molecule has 0 aliphatic heterocycles. The first-order valence-corrected chi connectivity index (χ1v) is 36.3. The number of aryl methyl sites for hydroxylation is 7. The van der Waals surface area contributed by atoms with Gasteiger partial charge in [-0.1, -0.05) is 333 Å². The molecule has 0 aliphatic carbocycles. The smallest absolute Gasteiger partial charge is 0.130 e. The second-order valence-electron chi connectivity index (χ2n) is 27.7. The van der Waals surface area contributed by atoms with Crippen molar-refractivity contribution in [3.63, 3.8) is 0 Å². The fraction of sp³-hybridized carbons (Fsp3) is 0.200. The van der Waals surface area contributed by atoms with Gasteiger partial charge in [0, 0.05) is 25.3 Å². The van der Waals surface area contributed by atoms with Crippen LogP contribution in [-0.2, 0) is 0 Å². The lowest BCUT2D eigenvalue weighted by Gasteiger charge is -2.24. The van der Waals surface area contributed by atoms with E-state index in [4.69, 9.17) is 9.47 Å². The van der Waals surface area contributed by atoms with Crippen LogP contribution in [0.1, 0.15) is 115 Å². The number of ether oxygens (including phenoxy) is 2. The molecular weight excluding hydrogens is 1250 g/mol. The van der Waals surface area contributed by atoms with E-state index in [-0.39, 0.29) is 0 Å². The lowest BCUT2D eigenvalue weighted by molar-refractivity contribution is 0.397. The van der Waals surface area contributed by atoms with Crippen LogP contribution in [-0.4, -0.2) is 28.3 Å². The monoisotopic (exact) mass is 1350 g/mol. The van der Waals surface area contributed by atoms with E-state index in [1.165, 1.54) is 139 Å². The molecule has 0 amide bonds. The minimum atomic E-state index is 0.533. The topological polar surface area (TPSA) is 21.7 Å². The first-order valence-electron chi connectivity index (χ1n) is 36.3. The van der Waals surface area contributed by atoms with Gasteiger partial charge in [-0.25, -0.2) is 0 Å². The van der Waals surface area contributed by atoms with Crippen molar-refractivity contribution in [1.29, 1.82) is 0 Å². The Morgan fingerprint density at radius 2 is 0.592 bits per heavy atom. The maximum atomic E-state index is 5.42. The van der Waals surface area contributed by atoms with E-state index in [2.05, 4.69) is 382 Å². The first kappa shape index (κ1) is 76.2. The Balaban J connectivity index is 0.000000145. The van der Waals surface area contributed by atoms with Crippen LogP contribution < -0.4 is 14.4 Å². The normalized spacial score (nSPS) is 10.6. The highest BCUT2D eigenvalue weighted by atomic mass is 16.5. The van der Waals surface area contributed by atoms with E-state index < -0.39 is 0 Å². The number of methoxy groups -OCH3 is 2. The molecule has 14 rings (SSSR count). The molecule has 0 saturated heterocycles. The number of nitrogens with zero attached hydrogens (tertiary/aromatic N) is 1. The van der Waals surface area contributed by atoms with Gasteiger partial charge in [-0.3, -0.25) is 0 Å². The van der Waals surface area contributed by atoms with Gasteiger partial charge >= 0.3 is 0 Å². The summed E-state index contributed by atoms with van der Waals surface area (Å²) in [5.41, 5.74) is 30.5. The van der Waals surface area contributed by atoms with Crippen molar-refractivity contribution in [2.24, 2.45) is 0 Å². The van der Waals surface area contributed by atoms with Crippen molar-refractivity contribution in [3.8, 4) is 78.3 Å². The summed E-state index contributed by atoms with van der Waals surface area (Å²) in [6, 6.07) is 109. The summed E-state index contributed by atoms with van der Waals surface area (Å²) in [6.07, 6.45) is 0. The number of para-hydroxylation sites is 1. The second kappa shape index (κ2) is 37.1. The summed E-state index contributed by atoms with van der Waals surface area (Å²) in [6.45, 7) is 28.9. The lowest BCUT2D eigenvalue weighted by atomic mass is 9.81. The third kappa shape index (κ3) is 19.4. The predicted molar refractivity (Wildman–Crippen MR) is 449 cm³/mol. The van der Waals surface area contributed by atoms with E-state index >= 15 is 0 Å². The number of rotatable bonds is 12. The molecule has 0 N–H and O–H groups in total. The summed E-state index contributed by atoms with van der Waals surface area (Å²) in [5, 5.41) is 5.24. The minimum Gasteiger partial charge on any atom is -0.496 e. The lowest BCUT2D eigenvalue weighted by Crippen LogP contribution is -2.09. The highest BCUT2D eigenvalue weighted by molar-refractivity contribution is 6.06. The molecule has 0 saturated carbocycles. The van der Waals surface area contributed by atoms with Crippen LogP contribution >= 0.6 is 0 Å².